The van der Waals surface area contributed by atoms with Gasteiger partial charge in [-0.1, -0.05) is 0 Å². The molecule has 1 aromatic carbocycles. The lowest BCUT2D eigenvalue weighted by atomic mass is 10.2. The van der Waals surface area contributed by atoms with E-state index in [2.05, 4.69) is 36.2 Å². The van der Waals surface area contributed by atoms with Gasteiger partial charge in [0.2, 0.25) is 0 Å². The number of hydrogen-bond acceptors (Lipinski definition) is 3. The van der Waals surface area contributed by atoms with Crippen LogP contribution in [-0.4, -0.2) is 12.1 Å². The third kappa shape index (κ3) is 1.87. The first-order valence-electron chi connectivity index (χ1n) is 5.77. The number of pyridine rings is 1. The van der Waals surface area contributed by atoms with E-state index in [0.29, 0.717) is 0 Å². The average Bonchev–Trinajstić information content (AvgIpc) is 2.84. The summed E-state index contributed by atoms with van der Waals surface area (Å²) in [5, 5.41) is 0. The van der Waals surface area contributed by atoms with Crippen LogP contribution in [0.2, 0.25) is 0 Å². The first kappa shape index (κ1) is 11.2. The van der Waals surface area contributed by atoms with Crippen molar-refractivity contribution in [1.29, 1.82) is 0 Å². The van der Waals surface area contributed by atoms with E-state index in [0.717, 1.165) is 11.3 Å². The topological polar surface area (TPSA) is 22.1 Å². The first-order chi connectivity index (χ1) is 8.78. The van der Waals surface area contributed by atoms with Gasteiger partial charge in [-0.15, -0.1) is 11.3 Å². The van der Waals surface area contributed by atoms with E-state index in [1.54, 1.807) is 18.4 Å². The lowest BCUT2D eigenvalue weighted by Gasteiger charge is -2.00. The molecular weight excluding hydrogens is 242 g/mol. The molecule has 18 heavy (non-hydrogen) atoms. The fourth-order valence-corrected chi connectivity index (χ4v) is 3.05. The SMILES string of the molecule is COc1ccc(-c2cc3nccc(C)c3s2)cc1. The number of aryl methyl sites for hydroxylation is 1. The summed E-state index contributed by atoms with van der Waals surface area (Å²) in [5.41, 5.74) is 3.56. The van der Waals surface area contributed by atoms with Crippen LogP contribution in [0, 0.1) is 6.92 Å². The first-order valence-corrected chi connectivity index (χ1v) is 6.59. The molecule has 0 unspecified atom stereocenters. The second kappa shape index (κ2) is 4.42. The molecular formula is C15H13NOS. The molecule has 0 amide bonds. The van der Waals surface area contributed by atoms with Crippen molar-refractivity contribution in [3.05, 3.63) is 48.2 Å². The number of fused-ring (bicyclic) bond motifs is 1. The maximum absolute atomic E-state index is 5.17. The highest BCUT2D eigenvalue weighted by Crippen LogP contribution is 2.34. The zero-order chi connectivity index (χ0) is 12.5. The van der Waals surface area contributed by atoms with Gasteiger partial charge in [0.15, 0.2) is 0 Å². The van der Waals surface area contributed by atoms with Crippen LogP contribution < -0.4 is 4.74 Å². The van der Waals surface area contributed by atoms with E-state index < -0.39 is 0 Å². The van der Waals surface area contributed by atoms with Gasteiger partial charge in [-0.3, -0.25) is 4.98 Å². The molecule has 3 rings (SSSR count). The quantitative estimate of drug-likeness (QED) is 0.682. The fourth-order valence-electron chi connectivity index (χ4n) is 1.96. The van der Waals surface area contributed by atoms with Crippen LogP contribution in [0.4, 0.5) is 0 Å². The van der Waals surface area contributed by atoms with E-state index in [1.807, 2.05) is 18.3 Å². The van der Waals surface area contributed by atoms with Crippen molar-refractivity contribution in [1.82, 2.24) is 4.98 Å². The molecule has 0 saturated carbocycles. The standard InChI is InChI=1S/C15H13NOS/c1-10-7-8-16-13-9-14(18-15(10)13)11-3-5-12(17-2)6-4-11/h3-9H,1-2H3. The van der Waals surface area contributed by atoms with E-state index in [4.69, 9.17) is 4.74 Å². The largest absolute Gasteiger partial charge is 0.497 e. The van der Waals surface area contributed by atoms with Gasteiger partial charge in [-0.25, -0.2) is 0 Å². The number of nitrogens with zero attached hydrogens (tertiary/aromatic N) is 1. The molecule has 3 aromatic rings. The highest BCUT2D eigenvalue weighted by molar-refractivity contribution is 7.22. The van der Waals surface area contributed by atoms with Gasteiger partial charge < -0.3 is 4.74 Å². The number of aromatic nitrogens is 1. The Morgan fingerprint density at radius 3 is 2.56 bits per heavy atom. The van der Waals surface area contributed by atoms with Crippen LogP contribution in [-0.2, 0) is 0 Å². The number of methoxy groups -OCH3 is 1. The summed E-state index contributed by atoms with van der Waals surface area (Å²) in [4.78, 5) is 5.65. The molecule has 0 saturated heterocycles. The van der Waals surface area contributed by atoms with E-state index in [9.17, 15) is 0 Å². The summed E-state index contributed by atoms with van der Waals surface area (Å²) >= 11 is 1.79. The highest BCUT2D eigenvalue weighted by Gasteiger charge is 2.06. The molecule has 90 valence electrons. The van der Waals surface area contributed by atoms with Crippen LogP contribution in [0.25, 0.3) is 20.7 Å². The lowest BCUT2D eigenvalue weighted by Crippen LogP contribution is -1.81. The summed E-state index contributed by atoms with van der Waals surface area (Å²) in [7, 11) is 1.68. The Balaban J connectivity index is 2.10. The molecule has 2 aromatic heterocycles. The minimum absolute atomic E-state index is 0.883. The minimum Gasteiger partial charge on any atom is -0.497 e. The summed E-state index contributed by atoms with van der Waals surface area (Å²) in [6, 6.07) is 12.3. The van der Waals surface area contributed by atoms with Crippen molar-refractivity contribution in [3.63, 3.8) is 0 Å². The summed E-state index contributed by atoms with van der Waals surface area (Å²) < 4.78 is 6.44. The molecule has 0 aliphatic carbocycles. The zero-order valence-electron chi connectivity index (χ0n) is 10.3. The molecule has 2 heterocycles. The van der Waals surface area contributed by atoms with Gasteiger partial charge in [0.1, 0.15) is 5.75 Å². The van der Waals surface area contributed by atoms with E-state index in [-0.39, 0.29) is 0 Å². The Morgan fingerprint density at radius 1 is 1.11 bits per heavy atom. The number of thiophene rings is 1. The minimum atomic E-state index is 0.883. The van der Waals surface area contributed by atoms with Crippen molar-refractivity contribution in [2.45, 2.75) is 6.92 Å². The molecule has 0 bridgehead atoms. The van der Waals surface area contributed by atoms with E-state index >= 15 is 0 Å². The average molecular weight is 255 g/mol. The van der Waals surface area contributed by atoms with Gasteiger partial charge in [-0.05, 0) is 54.4 Å². The normalized spacial score (nSPS) is 10.8. The second-order valence-corrected chi connectivity index (χ2v) is 5.23. The summed E-state index contributed by atoms with van der Waals surface area (Å²) in [6.07, 6.45) is 1.86. The maximum atomic E-state index is 5.17. The van der Waals surface area contributed by atoms with Crippen LogP contribution in [0.1, 0.15) is 5.56 Å². The predicted octanol–water partition coefficient (Wildman–Crippen LogP) is 4.28. The van der Waals surface area contributed by atoms with Crippen molar-refractivity contribution >= 4 is 21.6 Å². The Bertz CT molecular complexity index is 685. The van der Waals surface area contributed by atoms with Gasteiger partial charge in [0, 0.05) is 11.1 Å². The van der Waals surface area contributed by atoms with Gasteiger partial charge in [0.05, 0.1) is 17.3 Å². The van der Waals surface area contributed by atoms with Gasteiger partial charge in [0.25, 0.3) is 0 Å². The number of rotatable bonds is 2. The Labute approximate surface area is 110 Å². The summed E-state index contributed by atoms with van der Waals surface area (Å²) in [6.45, 7) is 2.12. The number of hydrogen-bond donors (Lipinski definition) is 0. The highest BCUT2D eigenvalue weighted by atomic mass is 32.1. The molecule has 0 atom stereocenters. The molecule has 0 aliphatic heterocycles. The predicted molar refractivity (Wildman–Crippen MR) is 76.3 cm³/mol. The fraction of sp³-hybridized carbons (Fsp3) is 0.133. The van der Waals surface area contributed by atoms with Gasteiger partial charge in [-0.2, -0.15) is 0 Å². The molecule has 0 spiro atoms. The van der Waals surface area contributed by atoms with Crippen LogP contribution >= 0.6 is 11.3 Å². The third-order valence-corrected chi connectivity index (χ3v) is 4.29. The Hall–Kier alpha value is -1.87. The smallest absolute Gasteiger partial charge is 0.118 e. The molecule has 0 N–H and O–H groups in total. The molecule has 3 heteroatoms. The monoisotopic (exact) mass is 255 g/mol. The maximum Gasteiger partial charge on any atom is 0.118 e. The molecule has 0 radical (unpaired) electrons. The van der Waals surface area contributed by atoms with E-state index in [1.165, 1.54) is 20.7 Å². The Kier molecular flexibility index (Phi) is 2.76. The van der Waals surface area contributed by atoms with Crippen LogP contribution in [0.15, 0.2) is 42.6 Å². The van der Waals surface area contributed by atoms with Crippen molar-refractivity contribution in [3.8, 4) is 16.2 Å². The van der Waals surface area contributed by atoms with Gasteiger partial charge >= 0.3 is 0 Å². The van der Waals surface area contributed by atoms with Crippen LogP contribution in [0.5, 0.6) is 5.75 Å². The third-order valence-electron chi connectivity index (χ3n) is 2.98. The summed E-state index contributed by atoms with van der Waals surface area (Å²) in [5.74, 6) is 0.883. The second-order valence-electron chi connectivity index (χ2n) is 4.18. The molecule has 0 fully saturated rings. The number of ether oxygens (including phenoxy) is 1. The lowest BCUT2D eigenvalue weighted by molar-refractivity contribution is 0.415. The van der Waals surface area contributed by atoms with Crippen molar-refractivity contribution in [2.75, 3.05) is 7.11 Å². The Morgan fingerprint density at radius 2 is 1.89 bits per heavy atom. The number of benzene rings is 1. The van der Waals surface area contributed by atoms with Crippen LogP contribution in [0.3, 0.4) is 0 Å². The zero-order valence-corrected chi connectivity index (χ0v) is 11.1. The van der Waals surface area contributed by atoms with Crippen molar-refractivity contribution in [2.24, 2.45) is 0 Å². The molecule has 0 aliphatic rings. The van der Waals surface area contributed by atoms with Crippen molar-refractivity contribution < 1.29 is 4.74 Å². The molecule has 2 nitrogen and oxygen atoms in total.